The van der Waals surface area contributed by atoms with Crippen LogP contribution in [-0.4, -0.2) is 21.2 Å². The first-order chi connectivity index (χ1) is 13.3. The second-order valence-electron chi connectivity index (χ2n) is 6.51. The molecule has 2 aromatic carbocycles. The Hall–Kier alpha value is -3.74. The van der Waals surface area contributed by atoms with Crippen molar-refractivity contribution < 1.29 is 9.59 Å². The Kier molecular flexibility index (Phi) is 5.08. The average molecular weight is 377 g/mol. The van der Waals surface area contributed by atoms with Crippen LogP contribution in [0.15, 0.2) is 58.3 Å². The first-order valence-electron chi connectivity index (χ1n) is 8.62. The van der Waals surface area contributed by atoms with Crippen molar-refractivity contribution in [1.29, 1.82) is 0 Å². The number of carbonyl (C=O) groups excluding carboxylic acids is 2. The number of amides is 1. The molecule has 2 N–H and O–H groups in total. The van der Waals surface area contributed by atoms with Crippen LogP contribution in [0.25, 0.3) is 5.69 Å². The Bertz CT molecular complexity index is 1200. The molecule has 0 spiro atoms. The van der Waals surface area contributed by atoms with Crippen molar-refractivity contribution in [2.75, 3.05) is 5.32 Å². The average Bonchev–Trinajstić information content (AvgIpc) is 2.64. The van der Waals surface area contributed by atoms with Gasteiger partial charge in [0.1, 0.15) is 5.56 Å². The molecular formula is C21H19N3O4. The van der Waals surface area contributed by atoms with Crippen LogP contribution in [0.3, 0.4) is 0 Å². The maximum atomic E-state index is 12.8. The molecular weight excluding hydrogens is 358 g/mol. The molecule has 1 aromatic heterocycles. The largest absolute Gasteiger partial charge is 0.333 e. The second kappa shape index (κ2) is 7.48. The molecule has 28 heavy (non-hydrogen) atoms. The highest BCUT2D eigenvalue weighted by atomic mass is 16.2. The van der Waals surface area contributed by atoms with Crippen LogP contribution in [0.4, 0.5) is 5.69 Å². The van der Waals surface area contributed by atoms with Crippen molar-refractivity contribution >= 4 is 17.4 Å². The maximum Gasteiger partial charge on any atom is 0.333 e. The number of ketones is 1. The highest BCUT2D eigenvalue weighted by Crippen LogP contribution is 2.13. The lowest BCUT2D eigenvalue weighted by Gasteiger charge is -2.10. The minimum Gasteiger partial charge on any atom is -0.322 e. The molecule has 0 aliphatic rings. The fraction of sp³-hybridized carbons (Fsp3) is 0.143. The standard InChI is InChI=1S/C21H19N3O4/c1-12-7-8-17(9-13(12)2)24-20(27)18(11-22-21(24)28)19(26)23-16-6-4-5-15(10-16)14(3)25/h4-11H,1-3H3,(H,22,28)(H,23,26). The molecule has 0 aliphatic carbocycles. The third-order valence-electron chi connectivity index (χ3n) is 4.50. The lowest BCUT2D eigenvalue weighted by atomic mass is 10.1. The van der Waals surface area contributed by atoms with E-state index in [2.05, 4.69) is 10.3 Å². The molecule has 3 rings (SSSR count). The number of nitrogens with one attached hydrogen (secondary N) is 2. The highest BCUT2D eigenvalue weighted by Gasteiger charge is 2.16. The van der Waals surface area contributed by atoms with Crippen molar-refractivity contribution in [3.05, 3.63) is 91.8 Å². The fourth-order valence-electron chi connectivity index (χ4n) is 2.75. The van der Waals surface area contributed by atoms with Crippen molar-refractivity contribution in [1.82, 2.24) is 9.55 Å². The van der Waals surface area contributed by atoms with Crippen molar-refractivity contribution in [2.24, 2.45) is 0 Å². The topological polar surface area (TPSA) is 101 Å². The van der Waals surface area contributed by atoms with E-state index >= 15 is 0 Å². The van der Waals surface area contributed by atoms with Crippen molar-refractivity contribution in [2.45, 2.75) is 20.8 Å². The zero-order valence-corrected chi connectivity index (χ0v) is 15.7. The number of anilines is 1. The van der Waals surface area contributed by atoms with Gasteiger partial charge in [0, 0.05) is 17.4 Å². The molecule has 142 valence electrons. The first-order valence-corrected chi connectivity index (χ1v) is 8.62. The molecule has 0 fully saturated rings. The Balaban J connectivity index is 2.01. The minimum absolute atomic E-state index is 0.141. The van der Waals surface area contributed by atoms with Crippen molar-refractivity contribution in [3.63, 3.8) is 0 Å². The van der Waals surface area contributed by atoms with E-state index in [1.165, 1.54) is 13.0 Å². The van der Waals surface area contributed by atoms with Gasteiger partial charge in [-0.2, -0.15) is 0 Å². The Labute approximate surface area is 160 Å². The first kappa shape index (κ1) is 19.0. The summed E-state index contributed by atoms with van der Waals surface area (Å²) in [5.41, 5.74) is 1.55. The number of H-pyrrole nitrogens is 1. The van der Waals surface area contributed by atoms with Gasteiger partial charge in [0.25, 0.3) is 11.5 Å². The van der Waals surface area contributed by atoms with Gasteiger partial charge < -0.3 is 10.3 Å². The number of carbonyl (C=O) groups is 2. The third kappa shape index (κ3) is 3.68. The number of aryl methyl sites for hydroxylation is 2. The van der Waals surface area contributed by atoms with Crippen LogP contribution in [0.5, 0.6) is 0 Å². The van der Waals surface area contributed by atoms with E-state index in [-0.39, 0.29) is 11.3 Å². The van der Waals surface area contributed by atoms with Crippen LogP contribution in [0.2, 0.25) is 0 Å². The second-order valence-corrected chi connectivity index (χ2v) is 6.51. The van der Waals surface area contributed by atoms with Gasteiger partial charge >= 0.3 is 5.69 Å². The molecule has 1 heterocycles. The van der Waals surface area contributed by atoms with Gasteiger partial charge in [-0.3, -0.25) is 14.4 Å². The minimum atomic E-state index is -0.729. The molecule has 7 heteroatoms. The summed E-state index contributed by atoms with van der Waals surface area (Å²) in [6, 6.07) is 11.6. The van der Waals surface area contributed by atoms with E-state index in [1.807, 2.05) is 13.8 Å². The summed E-state index contributed by atoms with van der Waals surface area (Å²) in [7, 11) is 0. The van der Waals surface area contributed by atoms with Gasteiger partial charge in [0.2, 0.25) is 0 Å². The number of hydrogen-bond acceptors (Lipinski definition) is 4. The molecule has 0 unspecified atom stereocenters. The summed E-state index contributed by atoms with van der Waals surface area (Å²) >= 11 is 0. The Morgan fingerprint density at radius 3 is 2.43 bits per heavy atom. The summed E-state index contributed by atoms with van der Waals surface area (Å²) in [5, 5.41) is 2.59. The maximum absolute atomic E-state index is 12.8. The van der Waals surface area contributed by atoms with Crippen LogP contribution < -0.4 is 16.6 Å². The number of rotatable bonds is 4. The van der Waals surface area contributed by atoms with Gasteiger partial charge in [-0.1, -0.05) is 18.2 Å². The number of hydrogen-bond donors (Lipinski definition) is 2. The lowest BCUT2D eigenvalue weighted by Crippen LogP contribution is -2.38. The van der Waals surface area contributed by atoms with E-state index in [1.54, 1.807) is 36.4 Å². The van der Waals surface area contributed by atoms with E-state index in [0.29, 0.717) is 16.9 Å². The summed E-state index contributed by atoms with van der Waals surface area (Å²) in [5.74, 6) is -0.822. The van der Waals surface area contributed by atoms with E-state index in [0.717, 1.165) is 21.9 Å². The SMILES string of the molecule is CC(=O)c1cccc(NC(=O)c2c[nH]c(=O)n(-c3ccc(C)c(C)c3)c2=O)c1. The summed E-state index contributed by atoms with van der Waals surface area (Å²) in [6.45, 7) is 5.22. The van der Waals surface area contributed by atoms with E-state index < -0.39 is 17.2 Å². The van der Waals surface area contributed by atoms with Crippen LogP contribution in [-0.2, 0) is 0 Å². The Morgan fingerprint density at radius 1 is 1.00 bits per heavy atom. The zero-order chi connectivity index (χ0) is 20.4. The molecule has 0 aliphatic heterocycles. The molecule has 0 radical (unpaired) electrons. The fourth-order valence-corrected chi connectivity index (χ4v) is 2.75. The van der Waals surface area contributed by atoms with Gasteiger partial charge in [-0.05, 0) is 56.2 Å². The summed E-state index contributed by atoms with van der Waals surface area (Å²) < 4.78 is 0.924. The summed E-state index contributed by atoms with van der Waals surface area (Å²) in [4.78, 5) is 51.6. The molecule has 0 saturated heterocycles. The Morgan fingerprint density at radius 2 is 1.75 bits per heavy atom. The number of Topliss-reactive ketones (excluding diaryl/α,β-unsaturated/α-hetero) is 1. The smallest absolute Gasteiger partial charge is 0.322 e. The van der Waals surface area contributed by atoms with Crippen LogP contribution >= 0.6 is 0 Å². The molecule has 0 saturated carbocycles. The van der Waals surface area contributed by atoms with Crippen molar-refractivity contribution in [3.8, 4) is 5.69 Å². The molecule has 7 nitrogen and oxygen atoms in total. The third-order valence-corrected chi connectivity index (χ3v) is 4.50. The van der Waals surface area contributed by atoms with E-state index in [4.69, 9.17) is 0 Å². The van der Waals surface area contributed by atoms with Gasteiger partial charge in [-0.25, -0.2) is 9.36 Å². The number of nitrogens with zero attached hydrogens (tertiary/aromatic N) is 1. The van der Waals surface area contributed by atoms with Crippen LogP contribution in [0.1, 0.15) is 38.8 Å². The number of aromatic nitrogens is 2. The predicted octanol–water partition coefficient (Wildman–Crippen LogP) is 2.60. The monoisotopic (exact) mass is 377 g/mol. The molecule has 3 aromatic rings. The van der Waals surface area contributed by atoms with Crippen LogP contribution in [0, 0.1) is 13.8 Å². The number of aromatic amines is 1. The molecule has 0 bridgehead atoms. The summed E-state index contributed by atoms with van der Waals surface area (Å²) in [6.07, 6.45) is 1.09. The quantitative estimate of drug-likeness (QED) is 0.683. The lowest BCUT2D eigenvalue weighted by molar-refractivity contribution is 0.101. The zero-order valence-electron chi connectivity index (χ0n) is 15.7. The predicted molar refractivity (Wildman–Crippen MR) is 107 cm³/mol. The van der Waals surface area contributed by atoms with Gasteiger partial charge in [0.05, 0.1) is 5.69 Å². The molecule has 1 amide bonds. The van der Waals surface area contributed by atoms with Gasteiger partial charge in [-0.15, -0.1) is 0 Å². The number of benzene rings is 2. The highest BCUT2D eigenvalue weighted by molar-refractivity contribution is 6.04. The normalized spacial score (nSPS) is 10.5. The molecule has 0 atom stereocenters. The van der Waals surface area contributed by atoms with E-state index in [9.17, 15) is 19.2 Å². The van der Waals surface area contributed by atoms with Gasteiger partial charge in [0.15, 0.2) is 5.78 Å².